The van der Waals surface area contributed by atoms with Crippen molar-refractivity contribution in [2.45, 2.75) is 0 Å². The SMILES string of the molecule is N#CS.[Li]. The molecule has 1 radical (unpaired) electrons. The van der Waals surface area contributed by atoms with Gasteiger partial charge < -0.3 is 0 Å². The Bertz CT molecular complexity index is 29.5. The van der Waals surface area contributed by atoms with Crippen molar-refractivity contribution >= 4 is 31.5 Å². The van der Waals surface area contributed by atoms with Crippen LogP contribution in [0.4, 0.5) is 0 Å². The van der Waals surface area contributed by atoms with Crippen LogP contribution in [0.2, 0.25) is 0 Å². The van der Waals surface area contributed by atoms with Gasteiger partial charge in [-0.1, -0.05) is 12.6 Å². The van der Waals surface area contributed by atoms with Gasteiger partial charge in [0.2, 0.25) is 0 Å². The first kappa shape index (κ1) is 8.83. The Balaban J connectivity index is 0. The van der Waals surface area contributed by atoms with E-state index in [1.54, 1.807) is 0 Å². The smallest absolute Gasteiger partial charge is 0.130 e. The van der Waals surface area contributed by atoms with Gasteiger partial charge in [0.1, 0.15) is 5.40 Å². The monoisotopic (exact) mass is 66.0 g/mol. The third-order valence-electron chi connectivity index (χ3n) is 0. The van der Waals surface area contributed by atoms with E-state index in [4.69, 9.17) is 5.26 Å². The van der Waals surface area contributed by atoms with Gasteiger partial charge in [0, 0.05) is 18.9 Å². The molecule has 0 saturated heterocycles. The maximum atomic E-state index is 7.18. The Labute approximate surface area is 42.6 Å². The minimum atomic E-state index is 0. The van der Waals surface area contributed by atoms with E-state index in [1.807, 2.05) is 0 Å². The van der Waals surface area contributed by atoms with Gasteiger partial charge in [-0.05, 0) is 0 Å². The van der Waals surface area contributed by atoms with Crippen LogP contribution >= 0.6 is 12.6 Å². The summed E-state index contributed by atoms with van der Waals surface area (Å²) in [5, 5.41) is 8.63. The zero-order chi connectivity index (χ0) is 2.71. The number of rotatable bonds is 0. The van der Waals surface area contributed by atoms with Crippen molar-refractivity contribution in [1.82, 2.24) is 0 Å². The van der Waals surface area contributed by atoms with Crippen LogP contribution in [0, 0.1) is 10.7 Å². The van der Waals surface area contributed by atoms with Crippen LogP contribution in [0.15, 0.2) is 0 Å². The molecule has 0 N–H and O–H groups in total. The van der Waals surface area contributed by atoms with E-state index in [2.05, 4.69) is 12.6 Å². The van der Waals surface area contributed by atoms with E-state index in [0.717, 1.165) is 0 Å². The second-order valence-electron chi connectivity index (χ2n) is 0.100. The second kappa shape index (κ2) is 9.88. The molecular formula is CHLiNS. The summed E-state index contributed by atoms with van der Waals surface area (Å²) in [6.45, 7) is 0. The molecule has 0 unspecified atom stereocenters. The second-order valence-corrected chi connectivity index (χ2v) is 0.300. The molecule has 0 saturated carbocycles. The predicted octanol–water partition coefficient (Wildman–Crippen LogP) is 0.0165. The van der Waals surface area contributed by atoms with Gasteiger partial charge >= 0.3 is 0 Å². The van der Waals surface area contributed by atoms with Crippen LogP contribution in [-0.2, 0) is 0 Å². The van der Waals surface area contributed by atoms with Gasteiger partial charge in [-0.3, -0.25) is 0 Å². The molecule has 0 amide bonds. The minimum absolute atomic E-state index is 0. The van der Waals surface area contributed by atoms with Crippen molar-refractivity contribution in [1.29, 1.82) is 5.26 Å². The van der Waals surface area contributed by atoms with Crippen molar-refractivity contribution in [3.8, 4) is 5.40 Å². The molecule has 0 aliphatic carbocycles. The van der Waals surface area contributed by atoms with Crippen molar-refractivity contribution < 1.29 is 0 Å². The Morgan fingerprint density at radius 3 is 1.75 bits per heavy atom. The zero-order valence-corrected chi connectivity index (χ0v) is 3.29. The van der Waals surface area contributed by atoms with Gasteiger partial charge in [0.15, 0.2) is 0 Å². The van der Waals surface area contributed by atoms with Gasteiger partial charge in [0.05, 0.1) is 0 Å². The van der Waals surface area contributed by atoms with Crippen molar-refractivity contribution in [2.75, 3.05) is 0 Å². The zero-order valence-electron chi connectivity index (χ0n) is 2.39. The number of nitriles is 1. The van der Waals surface area contributed by atoms with Gasteiger partial charge in [-0.25, -0.2) is 0 Å². The number of nitrogens with zero attached hydrogens (tertiary/aromatic N) is 1. The average molecular weight is 66.0 g/mol. The van der Waals surface area contributed by atoms with Crippen LogP contribution in [0.1, 0.15) is 0 Å². The molecule has 0 aromatic heterocycles. The molecule has 0 spiro atoms. The van der Waals surface area contributed by atoms with E-state index in [-0.39, 0.29) is 18.9 Å². The molecule has 0 bridgehead atoms. The largest absolute Gasteiger partial charge is 0.185 e. The Hall–Kier alpha value is 0.437. The van der Waals surface area contributed by atoms with Crippen LogP contribution in [0.3, 0.4) is 0 Å². The van der Waals surface area contributed by atoms with Crippen molar-refractivity contribution in [3.05, 3.63) is 0 Å². The number of thiocyanates is 1. The molecule has 4 heavy (non-hydrogen) atoms. The summed E-state index contributed by atoms with van der Waals surface area (Å²) in [5.41, 5.74) is 0. The summed E-state index contributed by atoms with van der Waals surface area (Å²) in [6, 6.07) is 0. The maximum absolute atomic E-state index is 7.18. The first-order chi connectivity index (χ1) is 1.41. The summed E-state index contributed by atoms with van der Waals surface area (Å²) in [4.78, 5) is 0. The van der Waals surface area contributed by atoms with Crippen LogP contribution < -0.4 is 0 Å². The number of hydrogen-bond donors (Lipinski definition) is 1. The molecule has 0 heterocycles. The van der Waals surface area contributed by atoms with Crippen LogP contribution in [0.5, 0.6) is 0 Å². The fourth-order valence-electron chi connectivity index (χ4n) is 0. The summed E-state index contributed by atoms with van der Waals surface area (Å²) >= 11 is 3.09. The van der Waals surface area contributed by atoms with Crippen molar-refractivity contribution in [3.63, 3.8) is 0 Å². The quantitative estimate of drug-likeness (QED) is 0.240. The van der Waals surface area contributed by atoms with Gasteiger partial charge in [-0.2, -0.15) is 5.26 Å². The summed E-state index contributed by atoms with van der Waals surface area (Å²) in [5.74, 6) is 0. The van der Waals surface area contributed by atoms with E-state index in [9.17, 15) is 0 Å². The molecule has 0 aliphatic heterocycles. The molecule has 0 atom stereocenters. The normalized spacial score (nSPS) is 2.00. The molecule has 1 nitrogen and oxygen atoms in total. The summed E-state index contributed by atoms with van der Waals surface area (Å²) in [7, 11) is 0. The third kappa shape index (κ3) is 26.3. The Morgan fingerprint density at radius 2 is 1.75 bits per heavy atom. The van der Waals surface area contributed by atoms with Crippen molar-refractivity contribution in [2.24, 2.45) is 0 Å². The number of hydrogen-bond acceptors (Lipinski definition) is 2. The van der Waals surface area contributed by atoms with Gasteiger partial charge in [0.25, 0.3) is 0 Å². The minimum Gasteiger partial charge on any atom is -0.185 e. The molecule has 0 aromatic carbocycles. The topological polar surface area (TPSA) is 23.8 Å². The first-order valence-corrected chi connectivity index (χ1v) is 0.894. The van der Waals surface area contributed by atoms with E-state index >= 15 is 0 Å². The van der Waals surface area contributed by atoms with Gasteiger partial charge in [-0.15, -0.1) is 0 Å². The molecule has 0 fully saturated rings. The van der Waals surface area contributed by atoms with Crippen LogP contribution in [-0.4, -0.2) is 18.9 Å². The third-order valence-corrected chi connectivity index (χ3v) is 0. The molecule has 0 rings (SSSR count). The van der Waals surface area contributed by atoms with Crippen LogP contribution in [0.25, 0.3) is 0 Å². The Morgan fingerprint density at radius 1 is 1.75 bits per heavy atom. The fraction of sp³-hybridized carbons (Fsp3) is 0. The molecule has 0 aromatic rings. The predicted molar refractivity (Wildman–Crippen MR) is 20.4 cm³/mol. The molecular weight excluding hydrogens is 65.0 g/mol. The summed E-state index contributed by atoms with van der Waals surface area (Å²) in [6.07, 6.45) is 0. The average Bonchev–Trinajstić information content (AvgIpc) is 0.918. The summed E-state index contributed by atoms with van der Waals surface area (Å²) < 4.78 is 0. The Kier molecular flexibility index (Phi) is 21.8. The standard InChI is InChI=1S/CHNS.Li/c2-1-3;/h3H;. The molecule has 0 aliphatic rings. The maximum Gasteiger partial charge on any atom is 0.130 e. The van der Waals surface area contributed by atoms with E-state index < -0.39 is 0 Å². The fourth-order valence-corrected chi connectivity index (χ4v) is 0. The van der Waals surface area contributed by atoms with E-state index in [1.165, 1.54) is 5.40 Å². The number of thiol groups is 1. The first-order valence-electron chi connectivity index (χ1n) is 0.447. The molecule has 3 heteroatoms. The van der Waals surface area contributed by atoms with E-state index in [0.29, 0.717) is 0 Å². The molecule has 17 valence electrons.